The normalized spacial score (nSPS) is 15.9. The Hall–Kier alpha value is -1.89. The van der Waals surface area contributed by atoms with Gasteiger partial charge in [0.1, 0.15) is 4.90 Å². The molecule has 1 aromatic carbocycles. The summed E-state index contributed by atoms with van der Waals surface area (Å²) in [5.74, 6) is -0.636. The van der Waals surface area contributed by atoms with E-state index < -0.39 is 16.0 Å². The van der Waals surface area contributed by atoms with Gasteiger partial charge in [0.2, 0.25) is 0 Å². The maximum atomic E-state index is 11.8. The van der Waals surface area contributed by atoms with Crippen molar-refractivity contribution in [2.75, 3.05) is 13.6 Å². The van der Waals surface area contributed by atoms with Crippen molar-refractivity contribution in [2.45, 2.75) is 11.3 Å². The zero-order valence-electron chi connectivity index (χ0n) is 9.70. The van der Waals surface area contributed by atoms with Crippen LogP contribution in [0.25, 0.3) is 0 Å². The molecule has 0 spiro atoms. The lowest BCUT2D eigenvalue weighted by atomic mass is 10.2. The third kappa shape index (κ3) is 2.21. The fourth-order valence-corrected chi connectivity index (χ4v) is 2.98. The minimum Gasteiger partial charge on any atom is -0.481 e. The standard InChI is InChI=1S/C11H12N2O4S/c1-13(7-6-10(14)15)11-8-4-2-3-5-9(8)18(16,17)12-11/h2-5H,6-7H2,1H3,(H,14,15). The molecule has 1 heterocycles. The summed E-state index contributed by atoms with van der Waals surface area (Å²) in [4.78, 5) is 12.2. The van der Waals surface area contributed by atoms with E-state index in [1.54, 1.807) is 25.2 Å². The Morgan fingerprint density at radius 1 is 1.39 bits per heavy atom. The zero-order chi connectivity index (χ0) is 13.3. The molecule has 7 heteroatoms. The monoisotopic (exact) mass is 268 g/mol. The third-order valence-corrected chi connectivity index (χ3v) is 3.96. The molecule has 0 amide bonds. The second-order valence-electron chi connectivity index (χ2n) is 3.95. The second kappa shape index (κ2) is 4.41. The molecule has 0 atom stereocenters. The highest BCUT2D eigenvalue weighted by molar-refractivity contribution is 7.90. The lowest BCUT2D eigenvalue weighted by Gasteiger charge is -2.17. The molecule has 0 saturated heterocycles. The number of aliphatic carboxylic acids is 1. The summed E-state index contributed by atoms with van der Waals surface area (Å²) in [5, 5.41) is 8.62. The van der Waals surface area contributed by atoms with Crippen molar-refractivity contribution >= 4 is 21.8 Å². The maximum absolute atomic E-state index is 11.8. The van der Waals surface area contributed by atoms with Gasteiger partial charge in [-0.05, 0) is 12.1 Å². The van der Waals surface area contributed by atoms with Crippen LogP contribution in [0.15, 0.2) is 33.6 Å². The van der Waals surface area contributed by atoms with Crippen LogP contribution in [0.4, 0.5) is 0 Å². The summed E-state index contributed by atoms with van der Waals surface area (Å²) in [6.07, 6.45) is -0.0717. The number of hydrogen-bond donors (Lipinski definition) is 1. The van der Waals surface area contributed by atoms with E-state index in [4.69, 9.17) is 5.11 Å². The van der Waals surface area contributed by atoms with Gasteiger partial charge in [-0.1, -0.05) is 12.1 Å². The van der Waals surface area contributed by atoms with E-state index in [1.807, 2.05) is 0 Å². The molecule has 0 unspecified atom stereocenters. The quantitative estimate of drug-likeness (QED) is 0.864. The number of rotatable bonds is 3. The zero-order valence-corrected chi connectivity index (χ0v) is 10.5. The van der Waals surface area contributed by atoms with Crippen LogP contribution in [0.2, 0.25) is 0 Å². The van der Waals surface area contributed by atoms with Crippen molar-refractivity contribution < 1.29 is 18.3 Å². The predicted octanol–water partition coefficient (Wildman–Crippen LogP) is 0.542. The minimum atomic E-state index is -3.64. The van der Waals surface area contributed by atoms with Crippen molar-refractivity contribution in [1.29, 1.82) is 0 Å². The van der Waals surface area contributed by atoms with Crippen LogP contribution in [0.5, 0.6) is 0 Å². The van der Waals surface area contributed by atoms with Crippen molar-refractivity contribution in [3.63, 3.8) is 0 Å². The highest BCUT2D eigenvalue weighted by Gasteiger charge is 2.30. The molecule has 96 valence electrons. The number of fused-ring (bicyclic) bond motifs is 1. The van der Waals surface area contributed by atoms with Crippen LogP contribution in [0.3, 0.4) is 0 Å². The van der Waals surface area contributed by atoms with Gasteiger partial charge in [-0.25, -0.2) is 0 Å². The predicted molar refractivity (Wildman–Crippen MR) is 65.0 cm³/mol. The Kier molecular flexibility index (Phi) is 3.08. The lowest BCUT2D eigenvalue weighted by molar-refractivity contribution is -0.137. The molecule has 0 aliphatic carbocycles. The molecule has 1 aliphatic rings. The molecular formula is C11H12N2O4S. The summed E-state index contributed by atoms with van der Waals surface area (Å²) in [7, 11) is -2.02. The van der Waals surface area contributed by atoms with E-state index in [0.29, 0.717) is 11.4 Å². The summed E-state index contributed by atoms with van der Waals surface area (Å²) >= 11 is 0. The third-order valence-electron chi connectivity index (χ3n) is 2.64. The molecular weight excluding hydrogens is 256 g/mol. The summed E-state index contributed by atoms with van der Waals surface area (Å²) in [6.45, 7) is 0.206. The van der Waals surface area contributed by atoms with E-state index in [-0.39, 0.29) is 17.9 Å². The number of sulfonamides is 1. The molecule has 1 aromatic rings. The van der Waals surface area contributed by atoms with Crippen LogP contribution < -0.4 is 0 Å². The van der Waals surface area contributed by atoms with Crippen molar-refractivity contribution in [2.24, 2.45) is 4.40 Å². The first-order chi connectivity index (χ1) is 8.42. The number of carboxylic acids is 1. The summed E-state index contributed by atoms with van der Waals surface area (Å²) in [5.41, 5.74) is 0.519. The van der Waals surface area contributed by atoms with E-state index in [2.05, 4.69) is 4.40 Å². The fourth-order valence-electron chi connectivity index (χ4n) is 1.73. The van der Waals surface area contributed by atoms with Gasteiger partial charge in [-0.2, -0.15) is 8.42 Å². The van der Waals surface area contributed by atoms with Crippen LogP contribution in [-0.4, -0.2) is 43.8 Å². The first kappa shape index (κ1) is 12.6. The Bertz CT molecular complexity index is 622. The molecule has 2 rings (SSSR count). The van der Waals surface area contributed by atoms with Crippen LogP contribution in [-0.2, 0) is 14.8 Å². The first-order valence-electron chi connectivity index (χ1n) is 5.29. The van der Waals surface area contributed by atoms with E-state index in [1.165, 1.54) is 11.0 Å². The van der Waals surface area contributed by atoms with Crippen molar-refractivity contribution in [3.8, 4) is 0 Å². The molecule has 18 heavy (non-hydrogen) atoms. The SMILES string of the molecule is CN(CCC(=O)O)C1=NS(=O)(=O)c2ccccc21. The second-order valence-corrected chi connectivity index (χ2v) is 5.52. The van der Waals surface area contributed by atoms with Gasteiger partial charge < -0.3 is 10.0 Å². The Morgan fingerprint density at radius 2 is 2.06 bits per heavy atom. The smallest absolute Gasteiger partial charge is 0.305 e. The molecule has 0 aromatic heterocycles. The lowest BCUT2D eigenvalue weighted by Crippen LogP contribution is -2.28. The number of hydrogen-bond acceptors (Lipinski definition) is 4. The fraction of sp³-hybridized carbons (Fsp3) is 0.273. The maximum Gasteiger partial charge on any atom is 0.305 e. The van der Waals surface area contributed by atoms with Crippen molar-refractivity contribution in [1.82, 2.24) is 4.90 Å². The Balaban J connectivity index is 2.33. The topological polar surface area (TPSA) is 87.0 Å². The van der Waals surface area contributed by atoms with Crippen LogP contribution in [0, 0.1) is 0 Å². The molecule has 1 aliphatic heterocycles. The number of nitrogens with zero attached hydrogens (tertiary/aromatic N) is 2. The molecule has 0 fully saturated rings. The minimum absolute atomic E-state index is 0.0717. The molecule has 0 bridgehead atoms. The molecule has 1 N–H and O–H groups in total. The van der Waals surface area contributed by atoms with Gasteiger partial charge >= 0.3 is 5.97 Å². The van der Waals surface area contributed by atoms with Gasteiger partial charge in [-0.3, -0.25) is 4.79 Å². The van der Waals surface area contributed by atoms with Gasteiger partial charge in [0.25, 0.3) is 10.0 Å². The molecule has 6 nitrogen and oxygen atoms in total. The van der Waals surface area contributed by atoms with Gasteiger partial charge in [0, 0.05) is 19.2 Å². The highest BCUT2D eigenvalue weighted by Crippen LogP contribution is 2.26. The average molecular weight is 268 g/mol. The number of carboxylic acid groups (broad SMARTS) is 1. The largest absolute Gasteiger partial charge is 0.481 e. The highest BCUT2D eigenvalue weighted by atomic mass is 32.2. The Morgan fingerprint density at radius 3 is 2.72 bits per heavy atom. The first-order valence-corrected chi connectivity index (χ1v) is 6.73. The Labute approximate surface area is 105 Å². The van der Waals surface area contributed by atoms with Crippen LogP contribution >= 0.6 is 0 Å². The summed E-state index contributed by atoms with van der Waals surface area (Å²) < 4.78 is 27.2. The van der Waals surface area contributed by atoms with E-state index in [0.717, 1.165) is 0 Å². The molecule has 0 radical (unpaired) electrons. The number of amidine groups is 1. The van der Waals surface area contributed by atoms with Gasteiger partial charge in [0.05, 0.1) is 6.42 Å². The molecule has 0 saturated carbocycles. The van der Waals surface area contributed by atoms with Crippen LogP contribution in [0.1, 0.15) is 12.0 Å². The number of benzene rings is 1. The van der Waals surface area contributed by atoms with E-state index in [9.17, 15) is 13.2 Å². The van der Waals surface area contributed by atoms with Gasteiger partial charge in [0.15, 0.2) is 5.84 Å². The summed E-state index contributed by atoms with van der Waals surface area (Å²) in [6, 6.07) is 6.51. The average Bonchev–Trinajstić information content (AvgIpc) is 2.59. The van der Waals surface area contributed by atoms with Crippen molar-refractivity contribution in [3.05, 3.63) is 29.8 Å². The number of carbonyl (C=O) groups is 1. The van der Waals surface area contributed by atoms with E-state index >= 15 is 0 Å². The van der Waals surface area contributed by atoms with Gasteiger partial charge in [-0.15, -0.1) is 4.40 Å².